The van der Waals surface area contributed by atoms with Gasteiger partial charge in [-0.05, 0) is 38.1 Å². The van der Waals surface area contributed by atoms with Gasteiger partial charge in [0, 0.05) is 12.7 Å². The molecule has 1 N–H and O–H groups in total. The van der Waals surface area contributed by atoms with E-state index in [-0.39, 0.29) is 11.2 Å². The minimum atomic E-state index is -0.320. The van der Waals surface area contributed by atoms with E-state index in [0.717, 1.165) is 22.6 Å². The highest BCUT2D eigenvalue weighted by Crippen LogP contribution is 2.31. The number of rotatable bonds is 6. The van der Waals surface area contributed by atoms with Crippen LogP contribution in [0.3, 0.4) is 0 Å². The third-order valence-corrected chi connectivity index (χ3v) is 5.29. The van der Waals surface area contributed by atoms with Crippen molar-refractivity contribution in [3.05, 3.63) is 54.1 Å². The average molecular weight is 382 g/mol. The molecule has 0 bridgehead atoms. The van der Waals surface area contributed by atoms with E-state index in [2.05, 4.69) is 15.5 Å². The molecule has 0 aliphatic carbocycles. The van der Waals surface area contributed by atoms with Crippen LogP contribution < -0.4 is 10.1 Å². The number of methoxy groups -OCH3 is 1. The molecule has 0 unspecified atom stereocenters. The summed E-state index contributed by atoms with van der Waals surface area (Å²) in [5.74, 6) is 1.35. The molecule has 0 aliphatic rings. The van der Waals surface area contributed by atoms with Crippen molar-refractivity contribution in [3.8, 4) is 17.1 Å². The van der Waals surface area contributed by atoms with Gasteiger partial charge < -0.3 is 14.6 Å². The predicted molar refractivity (Wildman–Crippen MR) is 108 cm³/mol. The Hall–Kier alpha value is -2.80. The molecule has 2 aromatic carbocycles. The molecule has 140 valence electrons. The second-order valence-electron chi connectivity index (χ2n) is 6.18. The largest absolute Gasteiger partial charge is 0.496 e. The van der Waals surface area contributed by atoms with Gasteiger partial charge in [-0.3, -0.25) is 4.79 Å². The van der Waals surface area contributed by atoms with Gasteiger partial charge in [-0.1, -0.05) is 41.6 Å². The highest BCUT2D eigenvalue weighted by atomic mass is 32.2. The van der Waals surface area contributed by atoms with E-state index in [1.165, 1.54) is 11.8 Å². The molecule has 3 aromatic rings. The molecule has 1 atom stereocenters. The van der Waals surface area contributed by atoms with E-state index in [9.17, 15) is 4.79 Å². The topological polar surface area (TPSA) is 69.0 Å². The number of aryl methyl sites for hydroxylation is 1. The van der Waals surface area contributed by atoms with Crippen molar-refractivity contribution in [2.75, 3.05) is 12.4 Å². The van der Waals surface area contributed by atoms with Crippen molar-refractivity contribution in [1.82, 2.24) is 14.8 Å². The third-order valence-electron chi connectivity index (χ3n) is 4.15. The number of hydrogen-bond acceptors (Lipinski definition) is 5. The lowest BCUT2D eigenvalue weighted by atomic mass is 10.2. The second kappa shape index (κ2) is 8.26. The normalized spacial score (nSPS) is 11.9. The lowest BCUT2D eigenvalue weighted by molar-refractivity contribution is -0.115. The molecule has 0 radical (unpaired) electrons. The number of para-hydroxylation sites is 1. The Bertz CT molecular complexity index is 937. The smallest absolute Gasteiger partial charge is 0.237 e. The molecule has 0 saturated heterocycles. The van der Waals surface area contributed by atoms with Crippen molar-refractivity contribution in [1.29, 1.82) is 0 Å². The number of nitrogens with zero attached hydrogens (tertiary/aromatic N) is 3. The summed E-state index contributed by atoms with van der Waals surface area (Å²) in [7, 11) is 3.51. The Morgan fingerprint density at radius 1 is 1.15 bits per heavy atom. The van der Waals surface area contributed by atoms with Crippen LogP contribution in [0.15, 0.2) is 53.7 Å². The number of carbonyl (C=O) groups excluding carboxylic acids is 1. The number of thioether (sulfide) groups is 1. The number of nitrogens with one attached hydrogen (secondary N) is 1. The monoisotopic (exact) mass is 382 g/mol. The molecular weight excluding hydrogens is 360 g/mol. The van der Waals surface area contributed by atoms with Crippen LogP contribution in [-0.2, 0) is 11.8 Å². The molecule has 0 spiro atoms. The van der Waals surface area contributed by atoms with Crippen LogP contribution in [0.2, 0.25) is 0 Å². The Kier molecular flexibility index (Phi) is 5.81. The zero-order valence-electron chi connectivity index (χ0n) is 15.8. The summed E-state index contributed by atoms with van der Waals surface area (Å²) in [6.07, 6.45) is 0. The molecule has 0 fully saturated rings. The summed E-state index contributed by atoms with van der Waals surface area (Å²) in [5, 5.41) is 11.8. The number of anilines is 1. The van der Waals surface area contributed by atoms with E-state index in [1.54, 1.807) is 7.11 Å². The summed E-state index contributed by atoms with van der Waals surface area (Å²) >= 11 is 1.37. The first-order valence-electron chi connectivity index (χ1n) is 8.56. The Morgan fingerprint density at radius 2 is 1.85 bits per heavy atom. The van der Waals surface area contributed by atoms with Gasteiger partial charge in [0.1, 0.15) is 5.75 Å². The Labute approximate surface area is 163 Å². The number of carbonyl (C=O) groups is 1. The van der Waals surface area contributed by atoms with Gasteiger partial charge in [-0.25, -0.2) is 0 Å². The number of aromatic nitrogens is 3. The molecule has 1 aromatic heterocycles. The summed E-state index contributed by atoms with van der Waals surface area (Å²) < 4.78 is 7.28. The van der Waals surface area contributed by atoms with Gasteiger partial charge in [0.25, 0.3) is 0 Å². The molecular formula is C20H22N4O2S. The Morgan fingerprint density at radius 3 is 2.56 bits per heavy atom. The van der Waals surface area contributed by atoms with Crippen LogP contribution in [0.1, 0.15) is 12.5 Å². The number of benzene rings is 2. The fourth-order valence-corrected chi connectivity index (χ4v) is 3.39. The van der Waals surface area contributed by atoms with Crippen LogP contribution in [0.5, 0.6) is 5.75 Å². The average Bonchev–Trinajstić information content (AvgIpc) is 3.03. The highest BCUT2D eigenvalue weighted by molar-refractivity contribution is 8.00. The first kappa shape index (κ1) is 19.0. The quantitative estimate of drug-likeness (QED) is 0.655. The fourth-order valence-electron chi connectivity index (χ4n) is 2.57. The fraction of sp³-hybridized carbons (Fsp3) is 0.250. The summed E-state index contributed by atoms with van der Waals surface area (Å²) in [6, 6.07) is 15.4. The van der Waals surface area contributed by atoms with Gasteiger partial charge in [-0.2, -0.15) is 0 Å². The second-order valence-corrected chi connectivity index (χ2v) is 7.49. The van der Waals surface area contributed by atoms with E-state index in [0.29, 0.717) is 11.0 Å². The molecule has 27 heavy (non-hydrogen) atoms. The summed E-state index contributed by atoms with van der Waals surface area (Å²) in [4.78, 5) is 12.5. The first-order valence-corrected chi connectivity index (χ1v) is 9.44. The first-order chi connectivity index (χ1) is 13.0. The van der Waals surface area contributed by atoms with Gasteiger partial charge >= 0.3 is 0 Å². The van der Waals surface area contributed by atoms with Crippen molar-refractivity contribution < 1.29 is 9.53 Å². The van der Waals surface area contributed by atoms with Crippen molar-refractivity contribution in [3.63, 3.8) is 0 Å². The van der Waals surface area contributed by atoms with Gasteiger partial charge in [0.2, 0.25) is 5.91 Å². The minimum absolute atomic E-state index is 0.0781. The van der Waals surface area contributed by atoms with E-state index < -0.39 is 0 Å². The number of amides is 1. The maximum Gasteiger partial charge on any atom is 0.237 e. The molecule has 6 nitrogen and oxygen atoms in total. The highest BCUT2D eigenvalue weighted by Gasteiger charge is 2.20. The molecule has 3 rings (SSSR count). The van der Waals surface area contributed by atoms with Gasteiger partial charge in [-0.15, -0.1) is 10.2 Å². The zero-order chi connectivity index (χ0) is 19.4. The van der Waals surface area contributed by atoms with Gasteiger partial charge in [0.15, 0.2) is 11.0 Å². The van der Waals surface area contributed by atoms with Crippen LogP contribution in [0, 0.1) is 6.92 Å². The SMILES string of the molecule is COc1ccccc1-c1nnc(S[C@@H](C)C(=O)Nc2ccc(C)cc2)n1C. The van der Waals surface area contributed by atoms with Crippen LogP contribution in [0.25, 0.3) is 11.4 Å². The Balaban J connectivity index is 1.73. The van der Waals surface area contributed by atoms with Crippen LogP contribution >= 0.6 is 11.8 Å². The lowest BCUT2D eigenvalue weighted by Crippen LogP contribution is -2.22. The number of hydrogen-bond donors (Lipinski definition) is 1. The molecule has 0 aliphatic heterocycles. The summed E-state index contributed by atoms with van der Waals surface area (Å²) in [6.45, 7) is 3.86. The standard InChI is InChI=1S/C20H22N4O2S/c1-13-9-11-15(12-10-13)21-19(25)14(2)27-20-23-22-18(24(20)3)16-7-5-6-8-17(16)26-4/h5-12,14H,1-4H3,(H,21,25)/t14-/m0/s1. The molecule has 1 heterocycles. The van der Waals surface area contributed by atoms with Crippen LogP contribution in [0.4, 0.5) is 5.69 Å². The van der Waals surface area contributed by atoms with Crippen molar-refractivity contribution in [2.45, 2.75) is 24.3 Å². The van der Waals surface area contributed by atoms with Gasteiger partial charge in [0.05, 0.1) is 17.9 Å². The third kappa shape index (κ3) is 4.31. The van der Waals surface area contributed by atoms with Crippen molar-refractivity contribution >= 4 is 23.4 Å². The molecule has 1 amide bonds. The molecule has 7 heteroatoms. The zero-order valence-corrected chi connectivity index (χ0v) is 16.6. The van der Waals surface area contributed by atoms with E-state index >= 15 is 0 Å². The van der Waals surface area contributed by atoms with E-state index in [4.69, 9.17) is 4.74 Å². The predicted octanol–water partition coefficient (Wildman–Crippen LogP) is 3.92. The summed E-state index contributed by atoms with van der Waals surface area (Å²) in [5.41, 5.74) is 2.79. The minimum Gasteiger partial charge on any atom is -0.496 e. The van der Waals surface area contributed by atoms with Crippen LogP contribution in [-0.4, -0.2) is 33.0 Å². The van der Waals surface area contributed by atoms with E-state index in [1.807, 2.05) is 74.0 Å². The number of ether oxygens (including phenoxy) is 1. The molecule has 0 saturated carbocycles. The van der Waals surface area contributed by atoms with Crippen molar-refractivity contribution in [2.24, 2.45) is 7.05 Å². The maximum absolute atomic E-state index is 12.5. The lowest BCUT2D eigenvalue weighted by Gasteiger charge is -2.12. The maximum atomic E-state index is 12.5.